The van der Waals surface area contributed by atoms with Crippen LogP contribution in [0.3, 0.4) is 0 Å². The van der Waals surface area contributed by atoms with Crippen LogP contribution < -0.4 is 25.1 Å². The molecule has 3 N–H and O–H groups in total. The van der Waals surface area contributed by atoms with E-state index in [1.165, 1.54) is 0 Å². The van der Waals surface area contributed by atoms with E-state index in [9.17, 15) is 14.7 Å². The Labute approximate surface area is 220 Å². The van der Waals surface area contributed by atoms with Crippen LogP contribution >= 0.6 is 0 Å². The largest absolute Gasteiger partial charge is 0.493 e. The standard InChI is InChI=1S/C30H30N2O6/c1-36-23-15-19(16-24(37-2)28(23)38-17-18-9-4-3-5-10-18)25(22-13-8-14-31-22)27-26(30(34)35)20-11-6-7-12-21(20)32-29(27)33/h3-7,9-12,15-16,22,25,31H,8,13-14,17H2,1-2H3,(H,32,33)(H,34,35)/t22-,25-/m0/s1. The third-order valence-corrected chi connectivity index (χ3v) is 7.05. The van der Waals surface area contributed by atoms with Gasteiger partial charge in [-0.05, 0) is 48.7 Å². The molecule has 1 saturated heterocycles. The number of aromatic carboxylic acids is 1. The predicted molar refractivity (Wildman–Crippen MR) is 145 cm³/mol. The normalized spacial score (nSPS) is 15.8. The number of para-hydroxylation sites is 1. The van der Waals surface area contributed by atoms with E-state index in [2.05, 4.69) is 10.3 Å². The molecule has 2 atom stereocenters. The van der Waals surface area contributed by atoms with Crippen molar-refractivity contribution in [2.45, 2.75) is 31.4 Å². The van der Waals surface area contributed by atoms with E-state index in [1.807, 2.05) is 42.5 Å². The zero-order chi connectivity index (χ0) is 26.6. The Morgan fingerprint density at radius 1 is 1.03 bits per heavy atom. The summed E-state index contributed by atoms with van der Waals surface area (Å²) in [6, 6.07) is 20.2. The van der Waals surface area contributed by atoms with Gasteiger partial charge >= 0.3 is 5.97 Å². The number of fused-ring (bicyclic) bond motifs is 1. The Balaban J connectivity index is 1.68. The molecule has 8 heteroatoms. The summed E-state index contributed by atoms with van der Waals surface area (Å²) < 4.78 is 17.5. The third kappa shape index (κ3) is 4.82. The lowest BCUT2D eigenvalue weighted by molar-refractivity contribution is 0.0697. The molecule has 1 aliphatic heterocycles. The molecule has 0 aliphatic carbocycles. The van der Waals surface area contributed by atoms with E-state index < -0.39 is 17.4 Å². The summed E-state index contributed by atoms with van der Waals surface area (Å²) in [7, 11) is 3.09. The van der Waals surface area contributed by atoms with Gasteiger partial charge in [0.15, 0.2) is 11.5 Å². The summed E-state index contributed by atoms with van der Waals surface area (Å²) in [5, 5.41) is 14.3. The number of pyridine rings is 1. The molecule has 3 aromatic carbocycles. The minimum atomic E-state index is -1.15. The lowest BCUT2D eigenvalue weighted by Gasteiger charge is -2.27. The first-order valence-electron chi connectivity index (χ1n) is 12.6. The van der Waals surface area contributed by atoms with E-state index in [0.717, 1.165) is 24.9 Å². The molecule has 0 amide bonds. The van der Waals surface area contributed by atoms with Crippen LogP contribution in [0.25, 0.3) is 10.9 Å². The van der Waals surface area contributed by atoms with Crippen LogP contribution in [0, 0.1) is 0 Å². The SMILES string of the molecule is COc1cc([C@H](c2c(C(=O)O)c3ccccc3[nH]c2=O)[C@@H]2CCCN2)cc(OC)c1OCc1ccccc1. The number of H-pyrrole nitrogens is 1. The number of nitrogens with one attached hydrogen (secondary N) is 2. The van der Waals surface area contributed by atoms with E-state index in [0.29, 0.717) is 40.3 Å². The average Bonchev–Trinajstić information content (AvgIpc) is 3.47. The van der Waals surface area contributed by atoms with Crippen molar-refractivity contribution in [2.24, 2.45) is 0 Å². The highest BCUT2D eigenvalue weighted by atomic mass is 16.5. The number of benzene rings is 3. The van der Waals surface area contributed by atoms with Crippen molar-refractivity contribution < 1.29 is 24.1 Å². The second kappa shape index (κ2) is 11.0. The van der Waals surface area contributed by atoms with Crippen LogP contribution in [0.1, 0.15) is 45.8 Å². The summed E-state index contributed by atoms with van der Waals surface area (Å²) in [5.74, 6) is -0.402. The van der Waals surface area contributed by atoms with Crippen molar-refractivity contribution in [3.63, 3.8) is 0 Å². The van der Waals surface area contributed by atoms with Gasteiger partial charge in [0, 0.05) is 28.4 Å². The van der Waals surface area contributed by atoms with E-state index in [1.54, 1.807) is 38.5 Å². The molecule has 38 heavy (non-hydrogen) atoms. The Hall–Kier alpha value is -4.30. The first-order valence-corrected chi connectivity index (χ1v) is 12.6. The lowest BCUT2D eigenvalue weighted by Crippen LogP contribution is -2.35. The maximum Gasteiger partial charge on any atom is 0.336 e. The fourth-order valence-electron chi connectivity index (χ4n) is 5.33. The van der Waals surface area contributed by atoms with Crippen LogP contribution in [0.2, 0.25) is 0 Å². The highest BCUT2D eigenvalue weighted by Gasteiger charge is 2.35. The quantitative estimate of drug-likeness (QED) is 0.297. The van der Waals surface area contributed by atoms with Crippen LogP contribution in [-0.2, 0) is 6.61 Å². The molecule has 0 spiro atoms. The minimum absolute atomic E-state index is 0.00499. The molecule has 8 nitrogen and oxygen atoms in total. The molecule has 0 unspecified atom stereocenters. The maximum absolute atomic E-state index is 13.5. The molecule has 1 fully saturated rings. The Kier molecular flexibility index (Phi) is 7.33. The van der Waals surface area contributed by atoms with Gasteiger partial charge in [-0.15, -0.1) is 0 Å². The smallest absolute Gasteiger partial charge is 0.336 e. The first-order chi connectivity index (χ1) is 18.5. The van der Waals surface area contributed by atoms with Crippen molar-refractivity contribution in [1.29, 1.82) is 0 Å². The topological polar surface area (TPSA) is 110 Å². The van der Waals surface area contributed by atoms with Crippen molar-refractivity contribution in [2.75, 3.05) is 20.8 Å². The van der Waals surface area contributed by atoms with Gasteiger partial charge in [0.1, 0.15) is 6.61 Å². The molecule has 5 rings (SSSR count). The summed E-state index contributed by atoms with van der Waals surface area (Å²) in [4.78, 5) is 29.0. The zero-order valence-electron chi connectivity index (χ0n) is 21.3. The number of carbonyl (C=O) groups is 1. The third-order valence-electron chi connectivity index (χ3n) is 7.05. The fourth-order valence-corrected chi connectivity index (χ4v) is 5.33. The number of carboxylic acid groups (broad SMARTS) is 1. The van der Waals surface area contributed by atoms with E-state index in [4.69, 9.17) is 14.2 Å². The second-order valence-electron chi connectivity index (χ2n) is 9.30. The van der Waals surface area contributed by atoms with E-state index in [-0.39, 0.29) is 17.2 Å². The molecule has 0 radical (unpaired) electrons. The van der Waals surface area contributed by atoms with Crippen molar-refractivity contribution in [3.8, 4) is 17.2 Å². The summed E-state index contributed by atoms with van der Waals surface area (Å²) in [5.41, 5.74) is 1.96. The summed E-state index contributed by atoms with van der Waals surface area (Å²) in [6.07, 6.45) is 1.70. The molecular formula is C30H30N2O6. The zero-order valence-corrected chi connectivity index (χ0v) is 21.3. The van der Waals surface area contributed by atoms with Crippen molar-refractivity contribution in [1.82, 2.24) is 10.3 Å². The molecule has 196 valence electrons. The number of aromatic amines is 1. The number of aromatic nitrogens is 1. The maximum atomic E-state index is 13.5. The number of hydrogen-bond donors (Lipinski definition) is 3. The second-order valence-corrected chi connectivity index (χ2v) is 9.30. The molecule has 2 heterocycles. The molecule has 0 saturated carbocycles. The molecule has 1 aromatic heterocycles. The lowest BCUT2D eigenvalue weighted by atomic mass is 9.81. The number of methoxy groups -OCH3 is 2. The molecule has 0 bridgehead atoms. The van der Waals surface area contributed by atoms with Crippen LogP contribution in [0.5, 0.6) is 17.2 Å². The molecular weight excluding hydrogens is 484 g/mol. The van der Waals surface area contributed by atoms with Crippen LogP contribution in [-0.4, -0.2) is 42.9 Å². The number of rotatable bonds is 9. The number of ether oxygens (including phenoxy) is 3. The Bertz CT molecular complexity index is 1480. The van der Waals surface area contributed by atoms with Gasteiger partial charge in [-0.3, -0.25) is 4.79 Å². The van der Waals surface area contributed by atoms with Gasteiger partial charge in [-0.2, -0.15) is 0 Å². The average molecular weight is 515 g/mol. The highest BCUT2D eigenvalue weighted by Crippen LogP contribution is 2.44. The summed E-state index contributed by atoms with van der Waals surface area (Å²) >= 11 is 0. The van der Waals surface area contributed by atoms with Gasteiger partial charge in [-0.1, -0.05) is 48.5 Å². The molecule has 4 aromatic rings. The van der Waals surface area contributed by atoms with Gasteiger partial charge < -0.3 is 29.6 Å². The first kappa shape index (κ1) is 25.4. The monoisotopic (exact) mass is 514 g/mol. The molecule has 1 aliphatic rings. The van der Waals surface area contributed by atoms with E-state index >= 15 is 0 Å². The van der Waals surface area contributed by atoms with Gasteiger partial charge in [0.2, 0.25) is 5.75 Å². The van der Waals surface area contributed by atoms with Crippen LogP contribution in [0.15, 0.2) is 71.5 Å². The van der Waals surface area contributed by atoms with Crippen molar-refractivity contribution in [3.05, 3.63) is 99.3 Å². The van der Waals surface area contributed by atoms with Crippen LogP contribution in [0.4, 0.5) is 0 Å². The Morgan fingerprint density at radius 3 is 2.34 bits per heavy atom. The van der Waals surface area contributed by atoms with Crippen molar-refractivity contribution >= 4 is 16.9 Å². The number of hydrogen-bond acceptors (Lipinski definition) is 6. The minimum Gasteiger partial charge on any atom is -0.493 e. The predicted octanol–water partition coefficient (Wildman–Crippen LogP) is 4.71. The van der Waals surface area contributed by atoms with Gasteiger partial charge in [-0.25, -0.2) is 4.79 Å². The number of carboxylic acids is 1. The fraction of sp³-hybridized carbons (Fsp3) is 0.267. The summed E-state index contributed by atoms with van der Waals surface area (Å²) in [6.45, 7) is 1.09. The van der Waals surface area contributed by atoms with Gasteiger partial charge in [0.05, 0.1) is 19.8 Å². The highest BCUT2D eigenvalue weighted by molar-refractivity contribution is 6.04. The Morgan fingerprint density at radius 2 is 1.71 bits per heavy atom. The van der Waals surface area contributed by atoms with Gasteiger partial charge in [0.25, 0.3) is 5.56 Å².